The molecule has 0 aromatic heterocycles. The van der Waals surface area contributed by atoms with Gasteiger partial charge in [-0.15, -0.1) is 0 Å². The highest BCUT2D eigenvalue weighted by Crippen LogP contribution is 2.51. The van der Waals surface area contributed by atoms with Crippen molar-refractivity contribution in [2.75, 3.05) is 6.61 Å². The minimum atomic E-state index is -0.514. The van der Waals surface area contributed by atoms with Gasteiger partial charge in [-0.2, -0.15) is 5.26 Å². The molecular weight excluding hydrogens is 190 g/mol. The first-order chi connectivity index (χ1) is 7.26. The number of esters is 1. The summed E-state index contributed by atoms with van der Waals surface area (Å²) in [6, 6.07) is 2.14. The summed E-state index contributed by atoms with van der Waals surface area (Å²) in [4.78, 5) is 11.6. The lowest BCUT2D eigenvalue weighted by Gasteiger charge is -2.24. The number of hydrogen-bond acceptors (Lipinski definition) is 3. The molecule has 0 aromatic rings. The second-order valence-corrected chi connectivity index (χ2v) is 4.70. The van der Waals surface area contributed by atoms with Crippen molar-refractivity contribution in [2.45, 2.75) is 32.6 Å². The van der Waals surface area contributed by atoms with E-state index in [1.54, 1.807) is 6.92 Å². The van der Waals surface area contributed by atoms with E-state index in [-0.39, 0.29) is 11.9 Å². The zero-order chi connectivity index (χ0) is 10.8. The van der Waals surface area contributed by atoms with E-state index in [4.69, 9.17) is 10.00 Å². The van der Waals surface area contributed by atoms with Crippen LogP contribution in [-0.2, 0) is 9.53 Å². The van der Waals surface area contributed by atoms with Gasteiger partial charge in [-0.05, 0) is 43.9 Å². The van der Waals surface area contributed by atoms with Crippen molar-refractivity contribution >= 4 is 5.97 Å². The number of ether oxygens (including phenoxy) is 1. The van der Waals surface area contributed by atoms with Crippen molar-refractivity contribution in [3.8, 4) is 6.07 Å². The largest absolute Gasteiger partial charge is 0.465 e. The lowest BCUT2D eigenvalue weighted by Crippen LogP contribution is -2.28. The molecule has 0 N–H and O–H groups in total. The maximum absolute atomic E-state index is 11.6. The Bertz CT molecular complexity index is 294. The van der Waals surface area contributed by atoms with Gasteiger partial charge in [0.1, 0.15) is 5.92 Å². The van der Waals surface area contributed by atoms with Crippen LogP contribution in [0.1, 0.15) is 32.6 Å². The Hall–Kier alpha value is -1.04. The monoisotopic (exact) mass is 207 g/mol. The standard InChI is InChI=1S/C12H17NO2/c1-2-15-12(14)11(7-13)10-6-8-3-4-9(10)5-8/h8-11H,2-6H2,1H3/t8-,9+,10+,11?/m1/s1. The van der Waals surface area contributed by atoms with Crippen molar-refractivity contribution in [1.82, 2.24) is 0 Å². The summed E-state index contributed by atoms with van der Waals surface area (Å²) in [6.07, 6.45) is 4.78. The topological polar surface area (TPSA) is 50.1 Å². The Morgan fingerprint density at radius 1 is 1.53 bits per heavy atom. The van der Waals surface area contributed by atoms with Crippen molar-refractivity contribution in [2.24, 2.45) is 23.7 Å². The van der Waals surface area contributed by atoms with E-state index in [0.29, 0.717) is 12.5 Å². The summed E-state index contributed by atoms with van der Waals surface area (Å²) in [5.41, 5.74) is 0. The molecule has 0 amide bonds. The number of nitrogens with zero attached hydrogens (tertiary/aromatic N) is 1. The minimum Gasteiger partial charge on any atom is -0.465 e. The van der Waals surface area contributed by atoms with Crippen LogP contribution < -0.4 is 0 Å². The van der Waals surface area contributed by atoms with Crippen molar-refractivity contribution < 1.29 is 9.53 Å². The first kappa shape index (κ1) is 10.5. The average molecular weight is 207 g/mol. The fourth-order valence-corrected chi connectivity index (χ4v) is 3.26. The Morgan fingerprint density at radius 2 is 2.33 bits per heavy atom. The number of carbonyl (C=O) groups excluding carboxylic acids is 1. The van der Waals surface area contributed by atoms with Crippen LogP contribution in [0.2, 0.25) is 0 Å². The molecular formula is C12H17NO2. The Labute approximate surface area is 90.4 Å². The number of rotatable bonds is 3. The molecule has 0 saturated heterocycles. The molecule has 15 heavy (non-hydrogen) atoms. The Kier molecular flexibility index (Phi) is 2.95. The third-order valence-corrected chi connectivity index (χ3v) is 3.90. The summed E-state index contributed by atoms with van der Waals surface area (Å²) >= 11 is 0. The van der Waals surface area contributed by atoms with Crippen LogP contribution in [0.25, 0.3) is 0 Å². The molecule has 0 heterocycles. The lowest BCUT2D eigenvalue weighted by molar-refractivity contribution is -0.148. The minimum absolute atomic E-state index is 0.271. The predicted molar refractivity (Wildman–Crippen MR) is 54.7 cm³/mol. The summed E-state index contributed by atoms with van der Waals surface area (Å²) in [5, 5.41) is 9.06. The predicted octanol–water partition coefficient (Wildman–Crippen LogP) is 2.13. The molecule has 3 nitrogen and oxygen atoms in total. The zero-order valence-corrected chi connectivity index (χ0v) is 9.11. The van der Waals surface area contributed by atoms with Gasteiger partial charge in [-0.25, -0.2) is 0 Å². The second-order valence-electron chi connectivity index (χ2n) is 4.70. The molecule has 0 radical (unpaired) electrons. The third-order valence-electron chi connectivity index (χ3n) is 3.90. The zero-order valence-electron chi connectivity index (χ0n) is 9.11. The number of carbonyl (C=O) groups is 1. The van der Waals surface area contributed by atoms with E-state index in [0.717, 1.165) is 12.3 Å². The smallest absolute Gasteiger partial charge is 0.323 e. The first-order valence-electron chi connectivity index (χ1n) is 5.82. The van der Waals surface area contributed by atoms with Crippen LogP contribution in [0.5, 0.6) is 0 Å². The fourth-order valence-electron chi connectivity index (χ4n) is 3.26. The highest BCUT2D eigenvalue weighted by molar-refractivity contribution is 5.75. The highest BCUT2D eigenvalue weighted by atomic mass is 16.5. The van der Waals surface area contributed by atoms with Gasteiger partial charge in [-0.1, -0.05) is 6.42 Å². The molecule has 2 fully saturated rings. The molecule has 82 valence electrons. The molecule has 2 aliphatic carbocycles. The lowest BCUT2D eigenvalue weighted by atomic mass is 9.80. The highest BCUT2D eigenvalue weighted by Gasteiger charge is 2.45. The van der Waals surface area contributed by atoms with Crippen molar-refractivity contribution in [3.05, 3.63) is 0 Å². The average Bonchev–Trinajstić information content (AvgIpc) is 2.81. The van der Waals surface area contributed by atoms with Gasteiger partial charge >= 0.3 is 5.97 Å². The molecule has 0 aromatic carbocycles. The number of nitriles is 1. The van der Waals surface area contributed by atoms with Crippen molar-refractivity contribution in [1.29, 1.82) is 5.26 Å². The Morgan fingerprint density at radius 3 is 2.80 bits per heavy atom. The fraction of sp³-hybridized carbons (Fsp3) is 0.833. The molecule has 2 aliphatic rings. The van der Waals surface area contributed by atoms with Gasteiger partial charge in [0.05, 0.1) is 12.7 Å². The van der Waals surface area contributed by atoms with Gasteiger partial charge < -0.3 is 4.74 Å². The second kappa shape index (κ2) is 4.22. The third kappa shape index (κ3) is 1.86. The molecule has 1 unspecified atom stereocenters. The van der Waals surface area contributed by atoms with Gasteiger partial charge in [-0.3, -0.25) is 4.79 Å². The molecule has 2 saturated carbocycles. The quantitative estimate of drug-likeness (QED) is 0.666. The molecule has 0 spiro atoms. The molecule has 3 heteroatoms. The van der Waals surface area contributed by atoms with E-state index < -0.39 is 5.92 Å². The van der Waals surface area contributed by atoms with Crippen LogP contribution in [0, 0.1) is 35.0 Å². The van der Waals surface area contributed by atoms with Gasteiger partial charge in [0, 0.05) is 0 Å². The van der Waals surface area contributed by atoms with Crippen LogP contribution >= 0.6 is 0 Å². The normalized spacial score (nSPS) is 34.8. The van der Waals surface area contributed by atoms with E-state index in [9.17, 15) is 4.79 Å². The van der Waals surface area contributed by atoms with E-state index in [2.05, 4.69) is 6.07 Å². The summed E-state index contributed by atoms with van der Waals surface area (Å²) < 4.78 is 4.95. The van der Waals surface area contributed by atoms with E-state index in [1.807, 2.05) is 0 Å². The maximum Gasteiger partial charge on any atom is 0.323 e. The van der Waals surface area contributed by atoms with Crippen LogP contribution in [0.3, 0.4) is 0 Å². The van der Waals surface area contributed by atoms with Gasteiger partial charge in [0.2, 0.25) is 0 Å². The van der Waals surface area contributed by atoms with Crippen LogP contribution in [0.4, 0.5) is 0 Å². The molecule has 2 bridgehead atoms. The van der Waals surface area contributed by atoms with Crippen molar-refractivity contribution in [3.63, 3.8) is 0 Å². The summed E-state index contributed by atoms with van der Waals surface area (Å²) in [7, 11) is 0. The van der Waals surface area contributed by atoms with E-state index >= 15 is 0 Å². The molecule has 4 atom stereocenters. The maximum atomic E-state index is 11.6. The van der Waals surface area contributed by atoms with Crippen LogP contribution in [0.15, 0.2) is 0 Å². The summed E-state index contributed by atoms with van der Waals surface area (Å²) in [5.74, 6) is 0.819. The molecule has 2 rings (SSSR count). The van der Waals surface area contributed by atoms with E-state index in [1.165, 1.54) is 19.3 Å². The Balaban J connectivity index is 2.02. The number of fused-ring (bicyclic) bond motifs is 2. The van der Waals surface area contributed by atoms with Gasteiger partial charge in [0.15, 0.2) is 0 Å². The summed E-state index contributed by atoms with van der Waals surface area (Å²) in [6.45, 7) is 2.16. The van der Waals surface area contributed by atoms with Gasteiger partial charge in [0.25, 0.3) is 0 Å². The van der Waals surface area contributed by atoms with Crippen LogP contribution in [-0.4, -0.2) is 12.6 Å². The SMILES string of the molecule is CCOC(=O)C(C#N)[C@H]1C[C@@H]2CC[C@H]1C2. The number of hydrogen-bond donors (Lipinski definition) is 0. The molecule has 0 aliphatic heterocycles. The first-order valence-corrected chi connectivity index (χ1v) is 5.82.